The molecule has 0 heterocycles. The second kappa shape index (κ2) is 5.61. The van der Waals surface area contributed by atoms with Gasteiger partial charge in [0.25, 0.3) is 0 Å². The van der Waals surface area contributed by atoms with Crippen LogP contribution >= 0.6 is 11.6 Å². The number of carboxylic acids is 1. The number of carboxylic acid groups (broad SMARTS) is 1. The van der Waals surface area contributed by atoms with Crippen molar-refractivity contribution in [2.75, 3.05) is 6.61 Å². The number of benzene rings is 1. The third-order valence-electron chi connectivity index (χ3n) is 1.92. The molecule has 1 aromatic carbocycles. The first-order valence-electron chi connectivity index (χ1n) is 4.68. The van der Waals surface area contributed by atoms with Crippen LogP contribution in [0.2, 0.25) is 5.02 Å². The fourth-order valence-electron chi connectivity index (χ4n) is 1.11. The topological polar surface area (TPSA) is 49.4 Å². The van der Waals surface area contributed by atoms with Gasteiger partial charge in [-0.2, -0.15) is 0 Å². The Hall–Kier alpha value is -1.22. The predicted octanol–water partition coefficient (Wildman–Crippen LogP) is 1.56. The van der Waals surface area contributed by atoms with Gasteiger partial charge in [0.05, 0.1) is 6.61 Å². The van der Waals surface area contributed by atoms with Crippen molar-refractivity contribution in [3.05, 3.63) is 28.8 Å². The van der Waals surface area contributed by atoms with Crippen LogP contribution < -0.4 is 9.84 Å². The van der Waals surface area contributed by atoms with E-state index in [0.717, 1.165) is 5.56 Å². The van der Waals surface area contributed by atoms with Crippen LogP contribution in [0.15, 0.2) is 18.2 Å². The van der Waals surface area contributed by atoms with Crippen LogP contribution in [0.1, 0.15) is 18.4 Å². The molecule has 3 nitrogen and oxygen atoms in total. The van der Waals surface area contributed by atoms with Crippen LogP contribution in [-0.4, -0.2) is 12.6 Å². The lowest BCUT2D eigenvalue weighted by Crippen LogP contribution is -2.22. The number of aliphatic carboxylic acids is 1. The highest BCUT2D eigenvalue weighted by molar-refractivity contribution is 6.31. The van der Waals surface area contributed by atoms with E-state index in [-0.39, 0.29) is 6.42 Å². The molecule has 0 aromatic heterocycles. The maximum absolute atomic E-state index is 10.1. The van der Waals surface area contributed by atoms with E-state index in [1.807, 2.05) is 13.0 Å². The molecule has 0 N–H and O–H groups in total. The Morgan fingerprint density at radius 2 is 2.27 bits per heavy atom. The minimum absolute atomic E-state index is 0.0204. The second-order valence-corrected chi connectivity index (χ2v) is 3.64. The lowest BCUT2D eigenvalue weighted by molar-refractivity contribution is -0.305. The standard InChI is InChI=1S/C11H13ClO3/c1-8-7-9(4-5-10(8)12)15-6-2-3-11(13)14/h4-5,7H,2-3,6H2,1H3,(H,13,14)/p-1. The average molecular weight is 228 g/mol. The van der Waals surface area contributed by atoms with Crippen LogP contribution in [0.5, 0.6) is 5.75 Å². The highest BCUT2D eigenvalue weighted by Gasteiger charge is 1.98. The van der Waals surface area contributed by atoms with Gasteiger partial charge in [0.1, 0.15) is 5.75 Å². The van der Waals surface area contributed by atoms with E-state index < -0.39 is 5.97 Å². The summed E-state index contributed by atoms with van der Waals surface area (Å²) in [6.45, 7) is 2.26. The van der Waals surface area contributed by atoms with Crippen molar-refractivity contribution in [1.82, 2.24) is 0 Å². The van der Waals surface area contributed by atoms with Gasteiger partial charge < -0.3 is 14.6 Å². The first kappa shape index (κ1) is 11.9. The zero-order valence-corrected chi connectivity index (χ0v) is 9.21. The van der Waals surface area contributed by atoms with Crippen LogP contribution in [0.25, 0.3) is 0 Å². The molecule has 0 aliphatic carbocycles. The van der Waals surface area contributed by atoms with E-state index in [4.69, 9.17) is 16.3 Å². The predicted molar refractivity (Wildman–Crippen MR) is 55.9 cm³/mol. The smallest absolute Gasteiger partial charge is 0.119 e. The maximum atomic E-state index is 10.1. The Labute approximate surface area is 93.6 Å². The lowest BCUT2D eigenvalue weighted by Gasteiger charge is -2.07. The summed E-state index contributed by atoms with van der Waals surface area (Å²) in [5, 5.41) is 10.8. The van der Waals surface area contributed by atoms with E-state index >= 15 is 0 Å². The van der Waals surface area contributed by atoms with Crippen molar-refractivity contribution < 1.29 is 14.6 Å². The number of ether oxygens (including phenoxy) is 1. The molecule has 82 valence electrons. The molecule has 0 aliphatic heterocycles. The summed E-state index contributed by atoms with van der Waals surface area (Å²) >= 11 is 5.84. The first-order valence-corrected chi connectivity index (χ1v) is 5.06. The number of hydrogen-bond acceptors (Lipinski definition) is 3. The fraction of sp³-hybridized carbons (Fsp3) is 0.364. The van der Waals surface area contributed by atoms with Gasteiger partial charge in [0.2, 0.25) is 0 Å². The maximum Gasteiger partial charge on any atom is 0.119 e. The van der Waals surface area contributed by atoms with Crippen LogP contribution in [0.3, 0.4) is 0 Å². The van der Waals surface area contributed by atoms with Gasteiger partial charge in [-0.1, -0.05) is 11.6 Å². The zero-order chi connectivity index (χ0) is 11.3. The molecule has 0 fully saturated rings. The molecule has 0 spiro atoms. The summed E-state index contributed by atoms with van der Waals surface area (Å²) in [7, 11) is 0. The Morgan fingerprint density at radius 3 is 2.87 bits per heavy atom. The van der Waals surface area contributed by atoms with Crippen molar-refractivity contribution in [3.8, 4) is 5.75 Å². The van der Waals surface area contributed by atoms with E-state index in [9.17, 15) is 9.90 Å². The fourth-order valence-corrected chi connectivity index (χ4v) is 1.23. The normalized spacial score (nSPS) is 10.0. The quantitative estimate of drug-likeness (QED) is 0.718. The minimum Gasteiger partial charge on any atom is -0.550 e. The third kappa shape index (κ3) is 4.21. The largest absolute Gasteiger partial charge is 0.550 e. The van der Waals surface area contributed by atoms with E-state index in [0.29, 0.717) is 23.8 Å². The molecule has 0 atom stereocenters. The van der Waals surface area contributed by atoms with Gasteiger partial charge in [-0.3, -0.25) is 0 Å². The minimum atomic E-state index is -1.05. The zero-order valence-electron chi connectivity index (χ0n) is 8.46. The molecule has 15 heavy (non-hydrogen) atoms. The molecule has 0 amide bonds. The summed E-state index contributed by atoms with van der Waals surface area (Å²) in [5.74, 6) is -0.346. The Balaban J connectivity index is 2.38. The first-order chi connectivity index (χ1) is 7.09. The van der Waals surface area contributed by atoms with Crippen molar-refractivity contribution in [2.24, 2.45) is 0 Å². The highest BCUT2D eigenvalue weighted by atomic mass is 35.5. The molecule has 0 bridgehead atoms. The number of carbonyl (C=O) groups excluding carboxylic acids is 1. The summed E-state index contributed by atoms with van der Waals surface area (Å²) in [4.78, 5) is 10.1. The van der Waals surface area contributed by atoms with Gasteiger partial charge >= 0.3 is 0 Å². The van der Waals surface area contributed by atoms with E-state index in [1.54, 1.807) is 12.1 Å². The van der Waals surface area contributed by atoms with Crippen molar-refractivity contribution in [1.29, 1.82) is 0 Å². The van der Waals surface area contributed by atoms with Gasteiger partial charge in [0, 0.05) is 11.0 Å². The third-order valence-corrected chi connectivity index (χ3v) is 2.35. The Kier molecular flexibility index (Phi) is 4.43. The van der Waals surface area contributed by atoms with Crippen LogP contribution in [-0.2, 0) is 4.79 Å². The molecule has 4 heteroatoms. The molecule has 0 aliphatic rings. The number of aryl methyl sites for hydroxylation is 1. The van der Waals surface area contributed by atoms with E-state index in [2.05, 4.69) is 0 Å². The summed E-state index contributed by atoms with van der Waals surface area (Å²) in [6.07, 6.45) is 0.469. The molecule has 0 saturated heterocycles. The summed E-state index contributed by atoms with van der Waals surface area (Å²) in [6, 6.07) is 5.33. The number of rotatable bonds is 5. The lowest BCUT2D eigenvalue weighted by atomic mass is 10.2. The molecule has 0 radical (unpaired) electrons. The molecule has 0 saturated carbocycles. The molecule has 1 aromatic rings. The molecular formula is C11H12ClO3-. The van der Waals surface area contributed by atoms with Gasteiger partial charge in [0.15, 0.2) is 0 Å². The average Bonchev–Trinajstić information content (AvgIpc) is 2.18. The molecule has 0 unspecified atom stereocenters. The highest BCUT2D eigenvalue weighted by Crippen LogP contribution is 2.21. The summed E-state index contributed by atoms with van der Waals surface area (Å²) < 4.78 is 5.34. The summed E-state index contributed by atoms with van der Waals surface area (Å²) in [5.41, 5.74) is 0.939. The van der Waals surface area contributed by atoms with Crippen LogP contribution in [0, 0.1) is 6.92 Å². The van der Waals surface area contributed by atoms with Gasteiger partial charge in [-0.25, -0.2) is 0 Å². The Morgan fingerprint density at radius 1 is 1.53 bits per heavy atom. The van der Waals surface area contributed by atoms with Crippen LogP contribution in [0.4, 0.5) is 0 Å². The second-order valence-electron chi connectivity index (χ2n) is 3.24. The van der Waals surface area contributed by atoms with E-state index in [1.165, 1.54) is 0 Å². The molecular weight excluding hydrogens is 216 g/mol. The SMILES string of the molecule is Cc1cc(OCCCC(=O)[O-])ccc1Cl. The monoisotopic (exact) mass is 227 g/mol. The van der Waals surface area contributed by atoms with Crippen molar-refractivity contribution >= 4 is 17.6 Å². The van der Waals surface area contributed by atoms with Crippen molar-refractivity contribution in [3.63, 3.8) is 0 Å². The number of hydrogen-bond donors (Lipinski definition) is 0. The van der Waals surface area contributed by atoms with Gasteiger partial charge in [-0.05, 0) is 43.5 Å². The molecule has 1 rings (SSSR count). The Bertz CT molecular complexity index is 350. The number of halogens is 1. The number of carbonyl (C=O) groups is 1. The van der Waals surface area contributed by atoms with Crippen molar-refractivity contribution in [2.45, 2.75) is 19.8 Å². The van der Waals surface area contributed by atoms with Gasteiger partial charge in [-0.15, -0.1) is 0 Å².